The van der Waals surface area contributed by atoms with Gasteiger partial charge < -0.3 is 0 Å². The highest BCUT2D eigenvalue weighted by atomic mass is 79.9. The van der Waals surface area contributed by atoms with E-state index in [1.54, 1.807) is 26.0 Å². The summed E-state index contributed by atoms with van der Waals surface area (Å²) in [5.41, 5.74) is 1.42. The van der Waals surface area contributed by atoms with Gasteiger partial charge in [0.1, 0.15) is 6.17 Å². The van der Waals surface area contributed by atoms with Gasteiger partial charge >= 0.3 is 0 Å². The van der Waals surface area contributed by atoms with Gasteiger partial charge in [-0.1, -0.05) is 15.9 Å². The molecule has 1 heterocycles. The zero-order chi connectivity index (χ0) is 15.6. The minimum absolute atomic E-state index is 0.296. The fourth-order valence-corrected chi connectivity index (χ4v) is 4.88. The molecule has 0 bridgehead atoms. The fourth-order valence-electron chi connectivity index (χ4n) is 2.72. The van der Waals surface area contributed by atoms with E-state index in [1.165, 1.54) is 0 Å². The standard InChI is InChI=1S/C14H20BrFN2O2S/c1-10-7-12(15)8-11(2)14(10)21(19,20)17-4-6-18-5-3-13(16)9-18/h7-8,13,17H,3-6,9H2,1-2H3/t13-/m1/s1. The predicted molar refractivity (Wildman–Crippen MR) is 84.8 cm³/mol. The van der Waals surface area contributed by atoms with E-state index in [2.05, 4.69) is 20.7 Å². The second kappa shape index (κ2) is 6.73. The van der Waals surface area contributed by atoms with Crippen LogP contribution >= 0.6 is 15.9 Å². The third kappa shape index (κ3) is 4.25. The topological polar surface area (TPSA) is 49.4 Å². The largest absolute Gasteiger partial charge is 0.299 e. The van der Waals surface area contributed by atoms with E-state index in [9.17, 15) is 12.8 Å². The third-order valence-corrected chi connectivity index (χ3v) is 5.85. The van der Waals surface area contributed by atoms with Crippen LogP contribution < -0.4 is 4.72 Å². The molecule has 1 aromatic rings. The van der Waals surface area contributed by atoms with Crippen LogP contribution in [0.5, 0.6) is 0 Å². The van der Waals surface area contributed by atoms with Crippen molar-refractivity contribution in [2.45, 2.75) is 31.3 Å². The molecule has 1 aliphatic heterocycles. The van der Waals surface area contributed by atoms with E-state index in [1.807, 2.05) is 4.90 Å². The summed E-state index contributed by atoms with van der Waals surface area (Å²) >= 11 is 3.36. The van der Waals surface area contributed by atoms with E-state index >= 15 is 0 Å². The molecule has 0 saturated carbocycles. The van der Waals surface area contributed by atoms with Crippen LogP contribution in [0.15, 0.2) is 21.5 Å². The lowest BCUT2D eigenvalue weighted by molar-refractivity contribution is 0.291. The van der Waals surface area contributed by atoms with E-state index in [4.69, 9.17) is 0 Å². The van der Waals surface area contributed by atoms with E-state index in [0.29, 0.717) is 48.6 Å². The maximum atomic E-state index is 13.1. The van der Waals surface area contributed by atoms with Crippen molar-refractivity contribution < 1.29 is 12.8 Å². The van der Waals surface area contributed by atoms with Gasteiger partial charge in [0, 0.05) is 30.7 Å². The smallest absolute Gasteiger partial charge is 0.241 e. The Balaban J connectivity index is 2.02. The molecule has 0 aromatic heterocycles. The Bertz CT molecular complexity index is 598. The minimum atomic E-state index is -3.53. The monoisotopic (exact) mass is 378 g/mol. The van der Waals surface area contributed by atoms with Crippen LogP contribution in [0.25, 0.3) is 0 Å². The van der Waals surface area contributed by atoms with E-state index in [0.717, 1.165) is 4.47 Å². The van der Waals surface area contributed by atoms with Gasteiger partial charge in [0.25, 0.3) is 0 Å². The molecule has 0 radical (unpaired) electrons. The van der Waals surface area contributed by atoms with Gasteiger partial charge in [-0.2, -0.15) is 0 Å². The van der Waals surface area contributed by atoms with Crippen molar-refractivity contribution >= 4 is 26.0 Å². The highest BCUT2D eigenvalue weighted by Crippen LogP contribution is 2.24. The summed E-state index contributed by atoms with van der Waals surface area (Å²) in [7, 11) is -3.53. The van der Waals surface area contributed by atoms with Gasteiger partial charge in [0.15, 0.2) is 0 Å². The van der Waals surface area contributed by atoms with Crippen LogP contribution in [0.1, 0.15) is 17.5 Å². The summed E-state index contributed by atoms with van der Waals surface area (Å²) in [6, 6.07) is 3.57. The lowest BCUT2D eigenvalue weighted by Crippen LogP contribution is -2.34. The van der Waals surface area contributed by atoms with Crippen LogP contribution in [0.2, 0.25) is 0 Å². The number of likely N-dealkylation sites (tertiary alicyclic amines) is 1. The van der Waals surface area contributed by atoms with Crippen molar-refractivity contribution in [1.29, 1.82) is 0 Å². The average Bonchev–Trinajstić information content (AvgIpc) is 2.72. The lowest BCUT2D eigenvalue weighted by atomic mass is 10.2. The fraction of sp³-hybridized carbons (Fsp3) is 0.571. The van der Waals surface area contributed by atoms with Gasteiger partial charge in [-0.05, 0) is 43.5 Å². The second-order valence-electron chi connectivity index (χ2n) is 5.45. The van der Waals surface area contributed by atoms with Crippen LogP contribution in [0.4, 0.5) is 4.39 Å². The number of hydrogen-bond acceptors (Lipinski definition) is 3. The number of sulfonamides is 1. The molecular weight excluding hydrogens is 359 g/mol. The number of rotatable bonds is 5. The molecule has 0 aliphatic carbocycles. The van der Waals surface area contributed by atoms with Gasteiger partial charge in [-0.15, -0.1) is 0 Å². The lowest BCUT2D eigenvalue weighted by Gasteiger charge is -2.16. The summed E-state index contributed by atoms with van der Waals surface area (Å²) in [6.07, 6.45) is -0.241. The molecule has 7 heteroatoms. The molecular formula is C14H20BrFN2O2S. The predicted octanol–water partition coefficient (Wildman–Crippen LogP) is 2.39. The Hall–Kier alpha value is -0.500. The van der Waals surface area contributed by atoms with Gasteiger partial charge in [0.05, 0.1) is 4.90 Å². The molecule has 0 spiro atoms. The summed E-state index contributed by atoms with van der Waals surface area (Å²) in [5.74, 6) is 0. The van der Waals surface area contributed by atoms with Crippen molar-refractivity contribution in [2.24, 2.45) is 0 Å². The van der Waals surface area contributed by atoms with Gasteiger partial charge in [0.2, 0.25) is 10.0 Å². The number of nitrogens with one attached hydrogen (secondary N) is 1. The maximum Gasteiger partial charge on any atom is 0.241 e. The number of alkyl halides is 1. The van der Waals surface area contributed by atoms with Crippen LogP contribution in [0.3, 0.4) is 0 Å². The highest BCUT2D eigenvalue weighted by molar-refractivity contribution is 9.10. The second-order valence-corrected chi connectivity index (χ2v) is 8.07. The van der Waals surface area contributed by atoms with Crippen molar-refractivity contribution in [3.05, 3.63) is 27.7 Å². The number of aryl methyl sites for hydroxylation is 2. The third-order valence-electron chi connectivity index (χ3n) is 3.63. The maximum absolute atomic E-state index is 13.1. The summed E-state index contributed by atoms with van der Waals surface area (Å²) in [6.45, 7) is 5.48. The zero-order valence-corrected chi connectivity index (χ0v) is 14.6. The average molecular weight is 379 g/mol. The first kappa shape index (κ1) is 16.9. The summed E-state index contributed by atoms with van der Waals surface area (Å²) in [4.78, 5) is 2.27. The molecule has 1 N–H and O–H groups in total. The Morgan fingerprint density at radius 2 is 2.00 bits per heavy atom. The minimum Gasteiger partial charge on any atom is -0.299 e. The summed E-state index contributed by atoms with van der Waals surface area (Å²) < 4.78 is 41.3. The Kier molecular flexibility index (Phi) is 5.40. The van der Waals surface area contributed by atoms with E-state index < -0.39 is 16.2 Å². The molecule has 1 atom stereocenters. The molecule has 1 fully saturated rings. The van der Waals surface area contributed by atoms with Gasteiger partial charge in [-0.25, -0.2) is 17.5 Å². The van der Waals surface area contributed by atoms with Crippen molar-refractivity contribution in [2.75, 3.05) is 26.2 Å². The first-order valence-corrected chi connectivity index (χ1v) is 9.20. The Morgan fingerprint density at radius 1 is 1.38 bits per heavy atom. The van der Waals surface area contributed by atoms with E-state index in [-0.39, 0.29) is 0 Å². The number of hydrogen-bond donors (Lipinski definition) is 1. The molecule has 0 amide bonds. The molecule has 4 nitrogen and oxygen atoms in total. The van der Waals surface area contributed by atoms with Crippen molar-refractivity contribution in [1.82, 2.24) is 9.62 Å². The van der Waals surface area contributed by atoms with Crippen LogP contribution in [0, 0.1) is 13.8 Å². The number of nitrogens with zero attached hydrogens (tertiary/aromatic N) is 1. The Morgan fingerprint density at radius 3 is 2.52 bits per heavy atom. The highest BCUT2D eigenvalue weighted by Gasteiger charge is 2.23. The van der Waals surface area contributed by atoms with Crippen molar-refractivity contribution in [3.8, 4) is 0 Å². The quantitative estimate of drug-likeness (QED) is 0.855. The zero-order valence-electron chi connectivity index (χ0n) is 12.2. The number of halogens is 2. The molecule has 21 heavy (non-hydrogen) atoms. The molecule has 1 saturated heterocycles. The molecule has 0 unspecified atom stereocenters. The van der Waals surface area contributed by atoms with Crippen LogP contribution in [-0.2, 0) is 10.0 Å². The molecule has 118 valence electrons. The first-order valence-electron chi connectivity index (χ1n) is 6.92. The molecule has 2 rings (SSSR count). The van der Waals surface area contributed by atoms with Gasteiger partial charge in [-0.3, -0.25) is 4.90 Å². The van der Waals surface area contributed by atoms with Crippen LogP contribution in [-0.4, -0.2) is 45.7 Å². The molecule has 1 aliphatic rings. The Labute approximate surface area is 133 Å². The SMILES string of the molecule is Cc1cc(Br)cc(C)c1S(=O)(=O)NCCN1CC[C@@H](F)C1. The molecule has 1 aromatic carbocycles. The number of benzene rings is 1. The van der Waals surface area contributed by atoms with Crippen molar-refractivity contribution in [3.63, 3.8) is 0 Å². The first-order chi connectivity index (χ1) is 9.79. The summed E-state index contributed by atoms with van der Waals surface area (Å²) in [5, 5.41) is 0. The normalized spacial score (nSPS) is 20.1.